The van der Waals surface area contributed by atoms with Crippen molar-refractivity contribution in [3.8, 4) is 28.6 Å². The molecule has 1 heterocycles. The first-order valence-corrected chi connectivity index (χ1v) is 7.83. The number of aliphatic hydroxyl groups is 2. The lowest BCUT2D eigenvalue weighted by molar-refractivity contribution is -0.0472. The van der Waals surface area contributed by atoms with Crippen LogP contribution >= 0.6 is 0 Å². The summed E-state index contributed by atoms with van der Waals surface area (Å²) in [4.78, 5) is 0. The van der Waals surface area contributed by atoms with E-state index in [1.165, 1.54) is 38.1 Å². The number of aliphatic hydroxyl groups excluding tert-OH is 1. The largest absolute Gasteiger partial charge is 0.508 e. The lowest BCUT2D eigenvalue weighted by Crippen LogP contribution is -2.37. The number of phenolic OH excluding ortho intramolecular Hbond substituents is 3. The smallest absolute Gasteiger partial charge is 0.138 e. The van der Waals surface area contributed by atoms with Gasteiger partial charge >= 0.3 is 0 Å². The van der Waals surface area contributed by atoms with Gasteiger partial charge in [-0.2, -0.15) is 0 Å². The molecule has 3 rings (SSSR count). The zero-order valence-corrected chi connectivity index (χ0v) is 13.9. The third-order valence-electron chi connectivity index (χ3n) is 4.20. The van der Waals surface area contributed by atoms with E-state index in [4.69, 9.17) is 4.42 Å². The number of aromatic hydroxyl groups is 3. The predicted molar refractivity (Wildman–Crippen MR) is 92.7 cm³/mol. The lowest BCUT2D eigenvalue weighted by Gasteiger charge is -2.25. The topological polar surface area (TPSA) is 114 Å². The minimum atomic E-state index is -1.36. The third-order valence-corrected chi connectivity index (χ3v) is 4.20. The van der Waals surface area contributed by atoms with Crippen molar-refractivity contribution in [2.75, 3.05) is 0 Å². The van der Waals surface area contributed by atoms with Crippen LogP contribution in [0.25, 0.3) is 22.3 Å². The fraction of sp³-hybridized carbons (Fsp3) is 0.263. The standard InChI is InChI=1S/C19H20O6/c1-19(2,24)18(23)9-13-14(21)5-11(6-15(13)22)16-7-10-3-4-12(20)8-17(10)25-16/h3-8,18,20-24H,9H2,1-2H3. The van der Waals surface area contributed by atoms with Gasteiger partial charge in [-0.15, -0.1) is 0 Å². The van der Waals surface area contributed by atoms with Crippen molar-refractivity contribution in [3.05, 3.63) is 42.0 Å². The summed E-state index contributed by atoms with van der Waals surface area (Å²) in [6, 6.07) is 9.29. The van der Waals surface area contributed by atoms with Gasteiger partial charge in [0.05, 0.1) is 11.7 Å². The number of benzene rings is 2. The Morgan fingerprint density at radius 2 is 1.64 bits per heavy atom. The normalized spacial score (nSPS) is 13.3. The second-order valence-corrected chi connectivity index (χ2v) is 6.70. The van der Waals surface area contributed by atoms with Crippen LogP contribution in [-0.2, 0) is 6.42 Å². The van der Waals surface area contributed by atoms with Gasteiger partial charge in [0, 0.05) is 29.0 Å². The van der Waals surface area contributed by atoms with Gasteiger partial charge in [0.15, 0.2) is 0 Å². The van der Waals surface area contributed by atoms with Crippen LogP contribution < -0.4 is 0 Å². The monoisotopic (exact) mass is 344 g/mol. The van der Waals surface area contributed by atoms with Crippen LogP contribution in [0.15, 0.2) is 40.8 Å². The van der Waals surface area contributed by atoms with E-state index in [9.17, 15) is 25.5 Å². The fourth-order valence-electron chi connectivity index (χ4n) is 2.60. The molecule has 0 aliphatic heterocycles. The molecule has 1 aromatic heterocycles. The van der Waals surface area contributed by atoms with E-state index in [0.29, 0.717) is 16.9 Å². The molecule has 25 heavy (non-hydrogen) atoms. The molecule has 3 aromatic rings. The SMILES string of the molecule is CC(C)(O)C(O)Cc1c(O)cc(-c2cc3ccc(O)cc3o2)cc1O. The Bertz CT molecular complexity index is 896. The molecule has 0 amide bonds. The second kappa shape index (κ2) is 5.98. The molecule has 2 aromatic carbocycles. The Morgan fingerprint density at radius 3 is 2.24 bits per heavy atom. The van der Waals surface area contributed by atoms with Crippen molar-refractivity contribution in [3.63, 3.8) is 0 Å². The third kappa shape index (κ3) is 3.40. The zero-order chi connectivity index (χ0) is 18.4. The van der Waals surface area contributed by atoms with Gasteiger partial charge in [0.25, 0.3) is 0 Å². The van der Waals surface area contributed by atoms with Crippen LogP contribution in [0.1, 0.15) is 19.4 Å². The Hall–Kier alpha value is -2.70. The molecule has 6 nitrogen and oxygen atoms in total. The molecular formula is C19H20O6. The number of rotatable bonds is 4. The van der Waals surface area contributed by atoms with Gasteiger partial charge in [-0.3, -0.25) is 0 Å². The fourth-order valence-corrected chi connectivity index (χ4v) is 2.60. The molecular weight excluding hydrogens is 324 g/mol. The van der Waals surface area contributed by atoms with Gasteiger partial charge in [0.2, 0.25) is 0 Å². The maximum Gasteiger partial charge on any atom is 0.138 e. The summed E-state index contributed by atoms with van der Waals surface area (Å²) in [7, 11) is 0. The van der Waals surface area contributed by atoms with Gasteiger partial charge in [0.1, 0.15) is 28.6 Å². The van der Waals surface area contributed by atoms with Gasteiger partial charge < -0.3 is 29.9 Å². The highest BCUT2D eigenvalue weighted by Crippen LogP contribution is 2.37. The summed E-state index contributed by atoms with van der Waals surface area (Å²) in [6.07, 6.45) is -1.25. The summed E-state index contributed by atoms with van der Waals surface area (Å²) in [5, 5.41) is 50.5. The first-order valence-electron chi connectivity index (χ1n) is 7.83. The van der Waals surface area contributed by atoms with E-state index < -0.39 is 11.7 Å². The summed E-state index contributed by atoms with van der Waals surface area (Å²) >= 11 is 0. The van der Waals surface area contributed by atoms with Crippen molar-refractivity contribution in [1.29, 1.82) is 0 Å². The Morgan fingerprint density at radius 1 is 1.00 bits per heavy atom. The lowest BCUT2D eigenvalue weighted by atomic mass is 9.93. The van der Waals surface area contributed by atoms with Crippen molar-refractivity contribution in [2.24, 2.45) is 0 Å². The molecule has 132 valence electrons. The molecule has 0 saturated heterocycles. The summed E-state index contributed by atoms with van der Waals surface area (Å²) in [5.74, 6) is 0.0824. The molecule has 0 aliphatic rings. The highest BCUT2D eigenvalue weighted by molar-refractivity contribution is 5.84. The number of furan rings is 1. The average molecular weight is 344 g/mol. The van der Waals surface area contributed by atoms with E-state index in [-0.39, 0.29) is 29.2 Å². The summed E-state index contributed by atoms with van der Waals surface area (Å²) in [5.41, 5.74) is -0.284. The highest BCUT2D eigenvalue weighted by atomic mass is 16.3. The quantitative estimate of drug-likeness (QED) is 0.497. The number of fused-ring (bicyclic) bond motifs is 1. The van der Waals surface area contributed by atoms with Crippen molar-refractivity contribution in [2.45, 2.75) is 32.0 Å². The zero-order valence-electron chi connectivity index (χ0n) is 13.9. The van der Waals surface area contributed by atoms with Crippen LogP contribution in [0, 0.1) is 0 Å². The van der Waals surface area contributed by atoms with E-state index in [2.05, 4.69) is 0 Å². The minimum absolute atomic E-state index is 0.0787. The molecule has 1 unspecified atom stereocenters. The number of hydrogen-bond donors (Lipinski definition) is 5. The highest BCUT2D eigenvalue weighted by Gasteiger charge is 2.27. The predicted octanol–water partition coefficient (Wildman–Crippen LogP) is 2.89. The van der Waals surface area contributed by atoms with Crippen LogP contribution in [0.2, 0.25) is 0 Å². The molecule has 0 spiro atoms. The van der Waals surface area contributed by atoms with Crippen molar-refractivity contribution < 1.29 is 29.9 Å². The van der Waals surface area contributed by atoms with Crippen molar-refractivity contribution >= 4 is 11.0 Å². The van der Waals surface area contributed by atoms with Crippen molar-refractivity contribution in [1.82, 2.24) is 0 Å². The Balaban J connectivity index is 1.98. The Kier molecular flexibility index (Phi) is 4.10. The van der Waals surface area contributed by atoms with Gasteiger partial charge in [-0.05, 0) is 44.2 Å². The first kappa shape index (κ1) is 17.1. The Labute approximate surface area is 144 Å². The summed E-state index contributed by atoms with van der Waals surface area (Å²) < 4.78 is 5.65. The van der Waals surface area contributed by atoms with Crippen LogP contribution in [0.5, 0.6) is 17.2 Å². The van der Waals surface area contributed by atoms with Crippen LogP contribution in [0.3, 0.4) is 0 Å². The van der Waals surface area contributed by atoms with Crippen LogP contribution in [0.4, 0.5) is 0 Å². The molecule has 0 radical (unpaired) electrons. The summed E-state index contributed by atoms with van der Waals surface area (Å²) in [6.45, 7) is 2.90. The molecule has 0 saturated carbocycles. The van der Waals surface area contributed by atoms with Gasteiger partial charge in [-0.1, -0.05) is 0 Å². The first-order chi connectivity index (χ1) is 11.6. The molecule has 6 heteroatoms. The van der Waals surface area contributed by atoms with E-state index >= 15 is 0 Å². The molecule has 0 fully saturated rings. The molecule has 0 aliphatic carbocycles. The minimum Gasteiger partial charge on any atom is -0.508 e. The molecule has 5 N–H and O–H groups in total. The maximum atomic E-state index is 10.2. The van der Waals surface area contributed by atoms with Crippen LogP contribution in [-0.4, -0.2) is 37.2 Å². The number of hydrogen-bond acceptors (Lipinski definition) is 6. The van der Waals surface area contributed by atoms with E-state index in [1.54, 1.807) is 12.1 Å². The van der Waals surface area contributed by atoms with E-state index in [1.807, 2.05) is 0 Å². The van der Waals surface area contributed by atoms with Gasteiger partial charge in [-0.25, -0.2) is 0 Å². The molecule has 0 bridgehead atoms. The molecule has 1 atom stereocenters. The average Bonchev–Trinajstić information content (AvgIpc) is 2.92. The maximum absolute atomic E-state index is 10.2. The van der Waals surface area contributed by atoms with E-state index in [0.717, 1.165) is 5.39 Å². The second-order valence-electron chi connectivity index (χ2n) is 6.70. The number of phenols is 3.